The molecule has 3 fully saturated rings. The molecule has 0 aromatic heterocycles. The smallest absolute Gasteiger partial charge is 0.334 e. The molecule has 26 heavy (non-hydrogen) atoms. The first-order chi connectivity index (χ1) is 11.9. The van der Waals surface area contributed by atoms with Crippen LogP contribution < -0.4 is 0 Å². The maximum Gasteiger partial charge on any atom is 0.334 e. The van der Waals surface area contributed by atoms with Gasteiger partial charge in [-0.15, -0.1) is 0 Å². The molecule has 3 rings (SSSR count). The van der Waals surface area contributed by atoms with Crippen molar-refractivity contribution in [2.45, 2.75) is 57.5 Å². The molecule has 3 aliphatic rings. The maximum atomic E-state index is 13.0. The third-order valence-corrected chi connectivity index (χ3v) is 6.12. The highest BCUT2D eigenvalue weighted by Crippen LogP contribution is 2.61. The number of carbonyl (C=O) groups is 3. The molecule has 7 nitrogen and oxygen atoms in total. The van der Waals surface area contributed by atoms with Crippen molar-refractivity contribution in [3.8, 4) is 0 Å². The van der Waals surface area contributed by atoms with Gasteiger partial charge in [0.25, 0.3) is 0 Å². The fourth-order valence-electron chi connectivity index (χ4n) is 4.68. The van der Waals surface area contributed by atoms with Gasteiger partial charge < -0.3 is 19.7 Å². The summed E-state index contributed by atoms with van der Waals surface area (Å²) in [6.07, 6.45) is -3.44. The Hall–Kier alpha value is -1.99. The predicted molar refractivity (Wildman–Crippen MR) is 89.7 cm³/mol. The molecule has 2 saturated carbocycles. The zero-order valence-corrected chi connectivity index (χ0v) is 15.2. The van der Waals surface area contributed by atoms with E-state index in [1.165, 1.54) is 13.8 Å². The Morgan fingerprint density at radius 2 is 2.00 bits per heavy atom. The second-order valence-corrected chi connectivity index (χ2v) is 8.01. The van der Waals surface area contributed by atoms with Crippen LogP contribution in [0.1, 0.15) is 33.6 Å². The minimum Gasteiger partial charge on any atom is -0.458 e. The Morgan fingerprint density at radius 3 is 2.58 bits per heavy atom. The third kappa shape index (κ3) is 2.30. The average Bonchev–Trinajstić information content (AvgIpc) is 2.81. The summed E-state index contributed by atoms with van der Waals surface area (Å²) < 4.78 is 10.9. The molecule has 0 amide bonds. The number of aliphatic hydroxyl groups excluding tert-OH is 1. The molecule has 2 N–H and O–H groups in total. The van der Waals surface area contributed by atoms with Crippen molar-refractivity contribution in [2.24, 2.45) is 17.3 Å². The number of esters is 2. The fourth-order valence-corrected chi connectivity index (χ4v) is 4.68. The van der Waals surface area contributed by atoms with E-state index in [0.717, 1.165) is 0 Å². The molecule has 1 heterocycles. The molecule has 1 saturated heterocycles. The summed E-state index contributed by atoms with van der Waals surface area (Å²) in [5, 5.41) is 21.3. The van der Waals surface area contributed by atoms with Gasteiger partial charge >= 0.3 is 11.9 Å². The van der Waals surface area contributed by atoms with E-state index in [0.29, 0.717) is 0 Å². The molecule has 7 heteroatoms. The average molecular weight is 364 g/mol. The summed E-state index contributed by atoms with van der Waals surface area (Å²) in [7, 11) is 0. The number of rotatable bonds is 2. The summed E-state index contributed by atoms with van der Waals surface area (Å²) in [6.45, 7) is 12.0. The Kier molecular flexibility index (Phi) is 4.16. The summed E-state index contributed by atoms with van der Waals surface area (Å²) in [4.78, 5) is 37.4. The van der Waals surface area contributed by atoms with Gasteiger partial charge in [0.1, 0.15) is 24.1 Å². The van der Waals surface area contributed by atoms with E-state index in [1.807, 2.05) is 0 Å². The molecular formula is C19H24O7. The van der Waals surface area contributed by atoms with Crippen molar-refractivity contribution in [3.05, 3.63) is 24.3 Å². The lowest BCUT2D eigenvalue weighted by molar-refractivity contribution is -0.227. The van der Waals surface area contributed by atoms with Crippen molar-refractivity contribution in [2.75, 3.05) is 0 Å². The second-order valence-electron chi connectivity index (χ2n) is 8.01. The molecule has 0 bridgehead atoms. The monoisotopic (exact) mass is 364 g/mol. The van der Waals surface area contributed by atoms with E-state index in [1.54, 1.807) is 6.92 Å². The number of hydrogen-bond acceptors (Lipinski definition) is 7. The van der Waals surface area contributed by atoms with Crippen LogP contribution in [0.5, 0.6) is 0 Å². The van der Waals surface area contributed by atoms with Gasteiger partial charge in [0.05, 0.1) is 11.0 Å². The van der Waals surface area contributed by atoms with Crippen LogP contribution in [-0.4, -0.2) is 51.8 Å². The first-order valence-corrected chi connectivity index (χ1v) is 8.65. The van der Waals surface area contributed by atoms with Crippen LogP contribution in [0.4, 0.5) is 0 Å². The van der Waals surface area contributed by atoms with Gasteiger partial charge in [-0.3, -0.25) is 4.79 Å². The normalized spacial score (nSPS) is 44.8. The Bertz CT molecular complexity index is 721. The number of aliphatic hydroxyl groups is 2. The Balaban J connectivity index is 2.17. The van der Waals surface area contributed by atoms with E-state index >= 15 is 0 Å². The number of ketones is 1. The van der Waals surface area contributed by atoms with Crippen LogP contribution in [-0.2, 0) is 23.9 Å². The van der Waals surface area contributed by atoms with E-state index in [2.05, 4.69) is 13.2 Å². The molecule has 0 aromatic rings. The highest BCUT2D eigenvalue weighted by atomic mass is 16.6. The first-order valence-electron chi connectivity index (χ1n) is 8.65. The maximum absolute atomic E-state index is 13.0. The standard InChI is InChI=1S/C19H24O7/c1-8(2)16(22)25-12-6-9(3)13(20)11-7-18(5,24)14(21)15-19(11,12)10(4)17(23)26-15/h9,11-12,14-15,21,24H,1,4,6-7H2,2-3,5H3/t9-,11-,12+,14-,15-,18+,19+/m1/s1. The molecule has 0 radical (unpaired) electrons. The topological polar surface area (TPSA) is 110 Å². The van der Waals surface area contributed by atoms with Crippen LogP contribution in [0, 0.1) is 17.3 Å². The molecular weight excluding hydrogens is 340 g/mol. The molecule has 2 aliphatic carbocycles. The highest BCUT2D eigenvalue weighted by molar-refractivity contribution is 5.97. The number of hydrogen-bond donors (Lipinski definition) is 2. The largest absolute Gasteiger partial charge is 0.458 e. The summed E-state index contributed by atoms with van der Waals surface area (Å²) >= 11 is 0. The number of carbonyl (C=O) groups excluding carboxylic acids is 3. The van der Waals surface area contributed by atoms with Crippen molar-refractivity contribution in [1.82, 2.24) is 0 Å². The van der Waals surface area contributed by atoms with Crippen LogP contribution in [0.25, 0.3) is 0 Å². The minimum absolute atomic E-state index is 0.00168. The van der Waals surface area contributed by atoms with Crippen molar-refractivity contribution in [3.63, 3.8) is 0 Å². The van der Waals surface area contributed by atoms with Crippen LogP contribution >= 0.6 is 0 Å². The first kappa shape index (κ1) is 18.8. The van der Waals surface area contributed by atoms with Gasteiger partial charge in [0.2, 0.25) is 0 Å². The molecule has 0 unspecified atom stereocenters. The van der Waals surface area contributed by atoms with E-state index in [9.17, 15) is 24.6 Å². The van der Waals surface area contributed by atoms with E-state index < -0.39 is 53.1 Å². The van der Waals surface area contributed by atoms with Crippen molar-refractivity contribution < 1.29 is 34.1 Å². The molecule has 0 aromatic carbocycles. The van der Waals surface area contributed by atoms with Crippen molar-refractivity contribution >= 4 is 17.7 Å². The fraction of sp³-hybridized carbons (Fsp3) is 0.632. The molecule has 1 spiro atoms. The third-order valence-electron chi connectivity index (χ3n) is 6.12. The van der Waals surface area contributed by atoms with Crippen LogP contribution in [0.15, 0.2) is 24.3 Å². The van der Waals surface area contributed by atoms with E-state index in [4.69, 9.17) is 9.47 Å². The lowest BCUT2D eigenvalue weighted by Gasteiger charge is -2.56. The highest BCUT2D eigenvalue weighted by Gasteiger charge is 2.73. The Morgan fingerprint density at radius 1 is 1.38 bits per heavy atom. The van der Waals surface area contributed by atoms with Crippen molar-refractivity contribution in [1.29, 1.82) is 0 Å². The number of ether oxygens (including phenoxy) is 2. The molecule has 1 aliphatic heterocycles. The summed E-state index contributed by atoms with van der Waals surface area (Å²) in [5.74, 6) is -2.86. The minimum atomic E-state index is -1.63. The lowest BCUT2D eigenvalue weighted by atomic mass is 9.49. The number of Topliss-reactive ketones (excluding diaryl/α,β-unsaturated/α-hetero) is 1. The van der Waals surface area contributed by atoms with Gasteiger partial charge in [-0.25, -0.2) is 9.59 Å². The summed E-state index contributed by atoms with van der Waals surface area (Å²) in [6, 6.07) is 0. The zero-order chi connectivity index (χ0) is 19.6. The van der Waals surface area contributed by atoms with E-state index in [-0.39, 0.29) is 29.8 Å². The zero-order valence-electron chi connectivity index (χ0n) is 15.2. The van der Waals surface area contributed by atoms with Gasteiger partial charge in [0, 0.05) is 23.0 Å². The molecule has 7 atom stereocenters. The second kappa shape index (κ2) is 5.76. The van der Waals surface area contributed by atoms with Gasteiger partial charge in [0.15, 0.2) is 0 Å². The summed E-state index contributed by atoms with van der Waals surface area (Å²) in [5.41, 5.74) is -2.83. The quantitative estimate of drug-likeness (QED) is 0.548. The predicted octanol–water partition coefficient (Wildman–Crippen LogP) is 0.683. The van der Waals surface area contributed by atoms with Crippen LogP contribution in [0.2, 0.25) is 0 Å². The molecule has 142 valence electrons. The van der Waals surface area contributed by atoms with Gasteiger partial charge in [-0.05, 0) is 26.7 Å². The SMILES string of the molecule is C=C(C)C(=O)O[C@H]1C[C@@H](C)C(=O)[C@H]2C[C@](C)(O)[C@H](O)[C@H]3OC(=O)C(=C)[C@@]123. The van der Waals surface area contributed by atoms with Crippen LogP contribution in [0.3, 0.4) is 0 Å². The van der Waals surface area contributed by atoms with Gasteiger partial charge in [-0.2, -0.15) is 0 Å². The lowest BCUT2D eigenvalue weighted by Crippen LogP contribution is -2.69. The Labute approximate surface area is 151 Å². The van der Waals surface area contributed by atoms with Gasteiger partial charge in [-0.1, -0.05) is 20.1 Å².